The SMILES string of the molecule is Cc1cc(C(=O)O)ccc1C(C)N1CCCC1.Cl. The zero-order valence-electron chi connectivity index (χ0n) is 10.8. The topological polar surface area (TPSA) is 40.5 Å². The molecule has 1 aromatic carbocycles. The molecule has 1 heterocycles. The minimum atomic E-state index is -0.853. The smallest absolute Gasteiger partial charge is 0.335 e. The van der Waals surface area contributed by atoms with Crippen molar-refractivity contribution in [1.29, 1.82) is 0 Å². The summed E-state index contributed by atoms with van der Waals surface area (Å²) in [6.07, 6.45) is 2.55. The zero-order valence-corrected chi connectivity index (χ0v) is 11.7. The van der Waals surface area contributed by atoms with E-state index in [0.29, 0.717) is 11.6 Å². The van der Waals surface area contributed by atoms with Crippen molar-refractivity contribution in [3.63, 3.8) is 0 Å². The number of carboxylic acids is 1. The molecule has 1 aromatic rings. The van der Waals surface area contributed by atoms with Crippen LogP contribution in [0.25, 0.3) is 0 Å². The molecule has 3 nitrogen and oxygen atoms in total. The zero-order chi connectivity index (χ0) is 12.4. The van der Waals surface area contributed by atoms with Crippen molar-refractivity contribution < 1.29 is 9.90 Å². The summed E-state index contributed by atoms with van der Waals surface area (Å²) in [5.74, 6) is -0.853. The predicted molar refractivity (Wildman–Crippen MR) is 74.6 cm³/mol. The molecular weight excluding hydrogens is 250 g/mol. The van der Waals surface area contributed by atoms with E-state index >= 15 is 0 Å². The number of rotatable bonds is 3. The molecule has 0 aromatic heterocycles. The maximum atomic E-state index is 10.9. The van der Waals surface area contributed by atoms with Crippen LogP contribution in [0.2, 0.25) is 0 Å². The van der Waals surface area contributed by atoms with Crippen molar-refractivity contribution in [3.05, 3.63) is 34.9 Å². The van der Waals surface area contributed by atoms with Crippen LogP contribution in [0, 0.1) is 6.92 Å². The van der Waals surface area contributed by atoms with E-state index in [1.54, 1.807) is 12.1 Å². The predicted octanol–water partition coefficient (Wildman–Crippen LogP) is 3.27. The molecule has 1 aliphatic heterocycles. The van der Waals surface area contributed by atoms with E-state index in [2.05, 4.69) is 11.8 Å². The Morgan fingerprint density at radius 2 is 1.94 bits per heavy atom. The number of hydrogen-bond acceptors (Lipinski definition) is 2. The lowest BCUT2D eigenvalue weighted by atomic mass is 9.99. The average Bonchev–Trinajstić information content (AvgIpc) is 2.81. The Hall–Kier alpha value is -1.06. The number of aromatic carboxylic acids is 1. The fourth-order valence-electron chi connectivity index (χ4n) is 2.60. The van der Waals surface area contributed by atoms with E-state index in [0.717, 1.165) is 18.7 Å². The minimum absolute atomic E-state index is 0. The second-order valence-corrected chi connectivity index (χ2v) is 4.80. The van der Waals surface area contributed by atoms with Crippen LogP contribution in [0.3, 0.4) is 0 Å². The van der Waals surface area contributed by atoms with Gasteiger partial charge in [0, 0.05) is 6.04 Å². The number of carbonyl (C=O) groups is 1. The third-order valence-corrected chi connectivity index (χ3v) is 3.66. The van der Waals surface area contributed by atoms with Gasteiger partial charge >= 0.3 is 5.97 Å². The van der Waals surface area contributed by atoms with Crippen molar-refractivity contribution in [3.8, 4) is 0 Å². The maximum absolute atomic E-state index is 10.9. The number of hydrogen-bond donors (Lipinski definition) is 1. The van der Waals surface area contributed by atoms with Crippen molar-refractivity contribution in [2.75, 3.05) is 13.1 Å². The third kappa shape index (κ3) is 3.03. The number of aryl methyl sites for hydroxylation is 1. The number of nitrogens with zero attached hydrogens (tertiary/aromatic N) is 1. The van der Waals surface area contributed by atoms with Gasteiger partial charge in [0.2, 0.25) is 0 Å². The minimum Gasteiger partial charge on any atom is -0.478 e. The second-order valence-electron chi connectivity index (χ2n) is 4.80. The lowest BCUT2D eigenvalue weighted by Gasteiger charge is -2.25. The number of carboxylic acid groups (broad SMARTS) is 1. The van der Waals surface area contributed by atoms with Crippen LogP contribution in [0.4, 0.5) is 0 Å². The molecule has 1 atom stereocenters. The summed E-state index contributed by atoms with van der Waals surface area (Å²) in [4.78, 5) is 13.3. The summed E-state index contributed by atoms with van der Waals surface area (Å²) >= 11 is 0. The fraction of sp³-hybridized carbons (Fsp3) is 0.500. The van der Waals surface area contributed by atoms with E-state index in [9.17, 15) is 4.79 Å². The molecule has 0 amide bonds. The van der Waals surface area contributed by atoms with Gasteiger partial charge in [-0.15, -0.1) is 12.4 Å². The highest BCUT2D eigenvalue weighted by atomic mass is 35.5. The Labute approximate surface area is 114 Å². The normalized spacial score (nSPS) is 17.2. The second kappa shape index (κ2) is 6.21. The number of likely N-dealkylation sites (tertiary alicyclic amines) is 1. The molecule has 0 saturated carbocycles. The Morgan fingerprint density at radius 1 is 1.33 bits per heavy atom. The van der Waals surface area contributed by atoms with E-state index in [1.165, 1.54) is 18.4 Å². The first-order valence-corrected chi connectivity index (χ1v) is 6.17. The largest absolute Gasteiger partial charge is 0.478 e. The van der Waals surface area contributed by atoms with Crippen LogP contribution in [-0.4, -0.2) is 29.1 Å². The van der Waals surface area contributed by atoms with Crippen molar-refractivity contribution in [1.82, 2.24) is 4.90 Å². The molecule has 0 bridgehead atoms. The van der Waals surface area contributed by atoms with Gasteiger partial charge in [-0.25, -0.2) is 4.79 Å². The number of benzene rings is 1. The van der Waals surface area contributed by atoms with Gasteiger partial charge in [-0.1, -0.05) is 6.07 Å². The van der Waals surface area contributed by atoms with Crippen LogP contribution < -0.4 is 0 Å². The van der Waals surface area contributed by atoms with Crippen LogP contribution >= 0.6 is 12.4 Å². The number of halogens is 1. The summed E-state index contributed by atoms with van der Waals surface area (Å²) in [6.45, 7) is 6.50. The van der Waals surface area contributed by atoms with Crippen molar-refractivity contribution >= 4 is 18.4 Å². The van der Waals surface area contributed by atoms with Gasteiger partial charge in [-0.2, -0.15) is 0 Å². The molecule has 1 saturated heterocycles. The van der Waals surface area contributed by atoms with Gasteiger partial charge in [0.05, 0.1) is 5.56 Å². The quantitative estimate of drug-likeness (QED) is 0.916. The summed E-state index contributed by atoms with van der Waals surface area (Å²) in [5.41, 5.74) is 2.70. The first kappa shape index (κ1) is 15.0. The molecule has 0 aliphatic carbocycles. The van der Waals surface area contributed by atoms with Gasteiger partial charge in [-0.3, -0.25) is 4.90 Å². The van der Waals surface area contributed by atoms with E-state index in [1.807, 2.05) is 13.0 Å². The molecule has 1 aliphatic rings. The van der Waals surface area contributed by atoms with Gasteiger partial charge < -0.3 is 5.11 Å². The molecule has 1 N–H and O–H groups in total. The Morgan fingerprint density at radius 3 is 2.44 bits per heavy atom. The van der Waals surface area contributed by atoms with Crippen LogP contribution in [0.1, 0.15) is 47.3 Å². The molecule has 0 spiro atoms. The van der Waals surface area contributed by atoms with Gasteiger partial charge in [-0.05, 0) is 63.0 Å². The van der Waals surface area contributed by atoms with E-state index in [4.69, 9.17) is 5.11 Å². The summed E-state index contributed by atoms with van der Waals surface area (Å²) in [6, 6.07) is 5.82. The van der Waals surface area contributed by atoms with E-state index in [-0.39, 0.29) is 12.4 Å². The van der Waals surface area contributed by atoms with Crippen molar-refractivity contribution in [2.24, 2.45) is 0 Å². The molecule has 18 heavy (non-hydrogen) atoms. The van der Waals surface area contributed by atoms with Crippen LogP contribution in [0.5, 0.6) is 0 Å². The average molecular weight is 270 g/mol. The van der Waals surface area contributed by atoms with E-state index < -0.39 is 5.97 Å². The van der Waals surface area contributed by atoms with Gasteiger partial charge in [0.25, 0.3) is 0 Å². The monoisotopic (exact) mass is 269 g/mol. The molecule has 1 fully saturated rings. The fourth-order valence-corrected chi connectivity index (χ4v) is 2.60. The van der Waals surface area contributed by atoms with Crippen LogP contribution in [0.15, 0.2) is 18.2 Å². The first-order chi connectivity index (χ1) is 8.09. The molecule has 100 valence electrons. The van der Waals surface area contributed by atoms with Crippen molar-refractivity contribution in [2.45, 2.75) is 32.7 Å². The highest BCUT2D eigenvalue weighted by Gasteiger charge is 2.20. The Balaban J connectivity index is 0.00000162. The highest BCUT2D eigenvalue weighted by molar-refractivity contribution is 5.87. The third-order valence-electron chi connectivity index (χ3n) is 3.66. The molecule has 2 rings (SSSR count). The summed E-state index contributed by atoms with van der Waals surface area (Å²) in [5, 5.41) is 8.94. The highest BCUT2D eigenvalue weighted by Crippen LogP contribution is 2.27. The molecule has 4 heteroatoms. The van der Waals surface area contributed by atoms with Gasteiger partial charge in [0.15, 0.2) is 0 Å². The summed E-state index contributed by atoms with van der Waals surface area (Å²) in [7, 11) is 0. The maximum Gasteiger partial charge on any atom is 0.335 e. The lowest BCUT2D eigenvalue weighted by Crippen LogP contribution is -2.23. The molecule has 0 radical (unpaired) electrons. The molecular formula is C14H20ClNO2. The summed E-state index contributed by atoms with van der Waals surface area (Å²) < 4.78 is 0. The first-order valence-electron chi connectivity index (χ1n) is 6.17. The Kier molecular flexibility index (Phi) is 5.17. The Bertz CT molecular complexity index is 428. The van der Waals surface area contributed by atoms with Gasteiger partial charge in [0.1, 0.15) is 0 Å². The van der Waals surface area contributed by atoms with Crippen LogP contribution in [-0.2, 0) is 0 Å². The molecule has 1 unspecified atom stereocenters. The lowest BCUT2D eigenvalue weighted by molar-refractivity contribution is 0.0696. The standard InChI is InChI=1S/C14H19NO2.ClH/c1-10-9-12(14(16)17)5-6-13(10)11(2)15-7-3-4-8-15;/h5-6,9,11H,3-4,7-8H2,1-2H3,(H,16,17);1H.